The van der Waals surface area contributed by atoms with E-state index >= 15 is 0 Å². The molecule has 0 aromatic heterocycles. The lowest BCUT2D eigenvalue weighted by molar-refractivity contribution is 0.172. The quantitative estimate of drug-likeness (QED) is 0.744. The van der Waals surface area contributed by atoms with E-state index in [4.69, 9.17) is 4.74 Å². The van der Waals surface area contributed by atoms with Crippen LogP contribution in [0.15, 0.2) is 24.3 Å². The number of hydrogen-bond donors (Lipinski definition) is 0. The van der Waals surface area contributed by atoms with Crippen LogP contribution in [0.4, 0.5) is 4.39 Å². The zero-order valence-electron chi connectivity index (χ0n) is 12.4. The lowest BCUT2D eigenvalue weighted by Gasteiger charge is -2.21. The Morgan fingerprint density at radius 1 is 1.05 bits per heavy atom. The number of nitrogens with zero attached hydrogens (tertiary/aromatic N) is 2. The minimum absolute atomic E-state index is 0.158. The van der Waals surface area contributed by atoms with Gasteiger partial charge in [0.2, 0.25) is 0 Å². The van der Waals surface area contributed by atoms with Crippen LogP contribution < -0.4 is 0 Å². The van der Waals surface area contributed by atoms with Crippen LogP contribution >= 0.6 is 0 Å². The van der Waals surface area contributed by atoms with Crippen LogP contribution in [0.25, 0.3) is 0 Å². The number of methoxy groups -OCH3 is 1. The van der Waals surface area contributed by atoms with Crippen molar-refractivity contribution >= 4 is 0 Å². The molecule has 0 unspecified atom stereocenters. The van der Waals surface area contributed by atoms with Gasteiger partial charge in [-0.1, -0.05) is 12.1 Å². The highest BCUT2D eigenvalue weighted by Crippen LogP contribution is 2.10. The molecule has 1 saturated heterocycles. The van der Waals surface area contributed by atoms with Crippen molar-refractivity contribution in [1.29, 1.82) is 0 Å². The lowest BCUT2D eigenvalue weighted by Crippen LogP contribution is -2.31. The Morgan fingerprint density at radius 2 is 1.75 bits per heavy atom. The molecule has 0 N–H and O–H groups in total. The Kier molecular flexibility index (Phi) is 6.43. The first-order chi connectivity index (χ1) is 9.78. The summed E-state index contributed by atoms with van der Waals surface area (Å²) in [6.45, 7) is 7.39. The molecule has 1 aliphatic rings. The molecule has 1 fully saturated rings. The summed E-state index contributed by atoms with van der Waals surface area (Å²) in [5.41, 5.74) is 1.19. The molecule has 1 aliphatic heterocycles. The van der Waals surface area contributed by atoms with E-state index in [0.29, 0.717) is 0 Å². The minimum Gasteiger partial charge on any atom is -0.385 e. The topological polar surface area (TPSA) is 15.7 Å². The van der Waals surface area contributed by atoms with Gasteiger partial charge < -0.3 is 9.64 Å². The molecular weight excluding hydrogens is 255 g/mol. The fourth-order valence-electron chi connectivity index (χ4n) is 2.69. The van der Waals surface area contributed by atoms with Gasteiger partial charge in [-0.2, -0.15) is 0 Å². The normalized spacial score (nSPS) is 18.1. The molecular formula is C16H25FN2O. The van der Waals surface area contributed by atoms with Gasteiger partial charge in [-0.3, -0.25) is 4.90 Å². The molecule has 0 amide bonds. The molecule has 1 aromatic carbocycles. The summed E-state index contributed by atoms with van der Waals surface area (Å²) in [5.74, 6) is -0.158. The monoisotopic (exact) mass is 280 g/mol. The number of benzene rings is 1. The van der Waals surface area contributed by atoms with E-state index in [1.807, 2.05) is 12.1 Å². The van der Waals surface area contributed by atoms with E-state index in [1.54, 1.807) is 19.2 Å². The van der Waals surface area contributed by atoms with E-state index in [0.717, 1.165) is 45.8 Å². The highest BCUT2D eigenvalue weighted by molar-refractivity contribution is 5.15. The number of rotatable bonds is 6. The number of halogens is 1. The van der Waals surface area contributed by atoms with Gasteiger partial charge in [0.25, 0.3) is 0 Å². The molecule has 0 atom stereocenters. The summed E-state index contributed by atoms with van der Waals surface area (Å²) in [7, 11) is 1.76. The third-order valence-corrected chi connectivity index (χ3v) is 3.82. The van der Waals surface area contributed by atoms with Crippen LogP contribution in [0.1, 0.15) is 18.4 Å². The summed E-state index contributed by atoms with van der Waals surface area (Å²) < 4.78 is 18.0. The summed E-state index contributed by atoms with van der Waals surface area (Å²) in [6.07, 6.45) is 2.31. The molecule has 3 nitrogen and oxygen atoms in total. The van der Waals surface area contributed by atoms with Crippen LogP contribution in [0.2, 0.25) is 0 Å². The van der Waals surface area contributed by atoms with Gasteiger partial charge in [-0.25, -0.2) is 4.39 Å². The van der Waals surface area contributed by atoms with E-state index in [2.05, 4.69) is 9.80 Å². The van der Waals surface area contributed by atoms with Crippen molar-refractivity contribution in [3.8, 4) is 0 Å². The molecule has 0 saturated carbocycles. The summed E-state index contributed by atoms with van der Waals surface area (Å²) in [5, 5.41) is 0. The summed E-state index contributed by atoms with van der Waals surface area (Å²) in [4.78, 5) is 4.98. The highest BCUT2D eigenvalue weighted by Gasteiger charge is 2.14. The molecule has 20 heavy (non-hydrogen) atoms. The van der Waals surface area contributed by atoms with Crippen LogP contribution in [0, 0.1) is 5.82 Å². The summed E-state index contributed by atoms with van der Waals surface area (Å²) >= 11 is 0. The first kappa shape index (κ1) is 15.4. The number of hydrogen-bond acceptors (Lipinski definition) is 3. The number of ether oxygens (including phenoxy) is 1. The van der Waals surface area contributed by atoms with Crippen molar-refractivity contribution in [3.05, 3.63) is 35.6 Å². The predicted octanol–water partition coefficient (Wildman–Crippen LogP) is 2.37. The minimum atomic E-state index is -0.158. The second-order valence-electron chi connectivity index (χ2n) is 5.44. The Balaban J connectivity index is 1.76. The van der Waals surface area contributed by atoms with Crippen molar-refractivity contribution in [2.75, 3.05) is 46.4 Å². The SMILES string of the molecule is COCCCN1CCCN(Cc2ccc(F)cc2)CC1. The maximum absolute atomic E-state index is 12.9. The van der Waals surface area contributed by atoms with Crippen LogP contribution in [0.3, 0.4) is 0 Å². The van der Waals surface area contributed by atoms with Crippen molar-refractivity contribution in [2.45, 2.75) is 19.4 Å². The van der Waals surface area contributed by atoms with Crippen molar-refractivity contribution in [1.82, 2.24) is 9.80 Å². The van der Waals surface area contributed by atoms with Gasteiger partial charge >= 0.3 is 0 Å². The van der Waals surface area contributed by atoms with E-state index < -0.39 is 0 Å². The van der Waals surface area contributed by atoms with E-state index in [1.165, 1.54) is 18.5 Å². The fourth-order valence-corrected chi connectivity index (χ4v) is 2.69. The second-order valence-corrected chi connectivity index (χ2v) is 5.44. The van der Waals surface area contributed by atoms with Crippen molar-refractivity contribution < 1.29 is 9.13 Å². The smallest absolute Gasteiger partial charge is 0.123 e. The molecule has 0 aliphatic carbocycles. The average Bonchev–Trinajstić information content (AvgIpc) is 2.67. The zero-order chi connectivity index (χ0) is 14.2. The van der Waals surface area contributed by atoms with Crippen LogP contribution in [-0.2, 0) is 11.3 Å². The first-order valence-corrected chi connectivity index (χ1v) is 7.46. The van der Waals surface area contributed by atoms with Gasteiger partial charge in [0, 0.05) is 39.9 Å². The van der Waals surface area contributed by atoms with Crippen molar-refractivity contribution in [3.63, 3.8) is 0 Å². The van der Waals surface area contributed by atoms with Gasteiger partial charge in [-0.05, 0) is 43.6 Å². The van der Waals surface area contributed by atoms with Crippen LogP contribution in [0.5, 0.6) is 0 Å². The van der Waals surface area contributed by atoms with E-state index in [9.17, 15) is 4.39 Å². The standard InChI is InChI=1S/C16H25FN2O/c1-20-13-3-10-18-8-2-9-19(12-11-18)14-15-4-6-16(17)7-5-15/h4-7H,2-3,8-14H2,1H3. The van der Waals surface area contributed by atoms with Gasteiger partial charge in [-0.15, -0.1) is 0 Å². The second kappa shape index (κ2) is 8.35. The molecule has 0 bridgehead atoms. The maximum atomic E-state index is 12.9. The Morgan fingerprint density at radius 3 is 2.50 bits per heavy atom. The fraction of sp³-hybridized carbons (Fsp3) is 0.625. The van der Waals surface area contributed by atoms with Gasteiger partial charge in [0.15, 0.2) is 0 Å². The molecule has 2 rings (SSSR count). The molecule has 1 heterocycles. The molecule has 0 radical (unpaired) electrons. The van der Waals surface area contributed by atoms with Gasteiger partial charge in [0.05, 0.1) is 0 Å². The maximum Gasteiger partial charge on any atom is 0.123 e. The average molecular weight is 280 g/mol. The lowest BCUT2D eigenvalue weighted by atomic mass is 10.2. The summed E-state index contributed by atoms with van der Waals surface area (Å²) in [6, 6.07) is 6.86. The van der Waals surface area contributed by atoms with Gasteiger partial charge in [0.1, 0.15) is 5.82 Å². The highest BCUT2D eigenvalue weighted by atomic mass is 19.1. The van der Waals surface area contributed by atoms with Crippen LogP contribution in [-0.4, -0.2) is 56.2 Å². The van der Waals surface area contributed by atoms with E-state index in [-0.39, 0.29) is 5.82 Å². The molecule has 4 heteroatoms. The Hall–Kier alpha value is -0.970. The predicted molar refractivity (Wildman–Crippen MR) is 79.2 cm³/mol. The molecule has 0 spiro atoms. The molecule has 1 aromatic rings. The molecule has 112 valence electrons. The largest absolute Gasteiger partial charge is 0.385 e. The van der Waals surface area contributed by atoms with Crippen molar-refractivity contribution in [2.24, 2.45) is 0 Å². The Labute approximate surface area is 121 Å². The Bertz CT molecular complexity index is 383. The third-order valence-electron chi connectivity index (χ3n) is 3.82. The zero-order valence-corrected chi connectivity index (χ0v) is 12.4. The third kappa shape index (κ3) is 5.19. The first-order valence-electron chi connectivity index (χ1n) is 7.46.